The Balaban J connectivity index is 1.96. The van der Waals surface area contributed by atoms with E-state index in [9.17, 15) is 9.18 Å². The predicted octanol–water partition coefficient (Wildman–Crippen LogP) is 1.73. The summed E-state index contributed by atoms with van der Waals surface area (Å²) in [7, 11) is 0. The molecular weight excluding hydrogens is 326 g/mol. The fraction of sp³-hybridized carbons (Fsp3) is 0.300. The van der Waals surface area contributed by atoms with E-state index < -0.39 is 6.03 Å². The lowest BCUT2D eigenvalue weighted by Gasteiger charge is -2.43. The van der Waals surface area contributed by atoms with Crippen molar-refractivity contribution < 1.29 is 13.9 Å². The average molecular weight is 336 g/mol. The highest BCUT2D eigenvalue weighted by molar-refractivity contribution is 14.1. The van der Waals surface area contributed by atoms with Crippen molar-refractivity contribution in [3.8, 4) is 5.75 Å². The third kappa shape index (κ3) is 2.21. The molecule has 86 valence electrons. The van der Waals surface area contributed by atoms with E-state index in [0.717, 1.165) is 0 Å². The van der Waals surface area contributed by atoms with Crippen LogP contribution in [0.1, 0.15) is 0 Å². The maximum atomic E-state index is 12.9. The molecular formula is C10H10FIN2O2. The molecule has 2 rings (SSSR count). The third-order valence-electron chi connectivity index (χ3n) is 2.35. The van der Waals surface area contributed by atoms with Gasteiger partial charge in [-0.2, -0.15) is 0 Å². The van der Waals surface area contributed by atoms with Crippen LogP contribution in [-0.2, 0) is 0 Å². The molecule has 1 aromatic carbocycles. The third-order valence-corrected chi connectivity index (χ3v) is 3.82. The van der Waals surface area contributed by atoms with Gasteiger partial charge in [-0.1, -0.05) is 28.7 Å². The number of carbonyl (C=O) groups excluding carboxylic acids is 1. The Morgan fingerprint density at radius 3 is 2.94 bits per heavy atom. The zero-order valence-electron chi connectivity index (χ0n) is 8.27. The number of alkyl halides is 1. The Bertz CT molecular complexity index is 416. The van der Waals surface area contributed by atoms with Gasteiger partial charge in [-0.3, -0.25) is 0 Å². The zero-order chi connectivity index (χ0) is 11.7. The molecule has 6 heteroatoms. The molecule has 16 heavy (non-hydrogen) atoms. The molecule has 0 bridgehead atoms. The maximum absolute atomic E-state index is 12.9. The van der Waals surface area contributed by atoms with Crippen LogP contribution in [0.2, 0.25) is 0 Å². The summed E-state index contributed by atoms with van der Waals surface area (Å²) in [6.45, 7) is 0.444. The molecule has 0 aromatic heterocycles. The highest BCUT2D eigenvalue weighted by Gasteiger charge is 2.41. The minimum Gasteiger partial charge on any atom is -0.485 e. The molecule has 0 saturated carbocycles. The van der Waals surface area contributed by atoms with Gasteiger partial charge in [-0.05, 0) is 12.1 Å². The first-order valence-corrected chi connectivity index (χ1v) is 5.95. The summed E-state index contributed by atoms with van der Waals surface area (Å²) in [4.78, 5) is 12.4. The van der Waals surface area contributed by atoms with Gasteiger partial charge in [-0.25, -0.2) is 9.18 Å². The van der Waals surface area contributed by atoms with Crippen LogP contribution in [0.3, 0.4) is 0 Å². The number of ether oxygens (including phenoxy) is 1. The molecule has 0 spiro atoms. The molecule has 1 fully saturated rings. The van der Waals surface area contributed by atoms with Crippen LogP contribution in [0.25, 0.3) is 0 Å². The number of benzene rings is 1. The second kappa shape index (κ2) is 4.44. The summed E-state index contributed by atoms with van der Waals surface area (Å²) < 4.78 is 18.3. The zero-order valence-corrected chi connectivity index (χ0v) is 10.4. The molecule has 2 amide bonds. The number of nitrogens with two attached hydrogens (primary N) is 1. The Hall–Kier alpha value is -1.05. The number of amides is 2. The predicted molar refractivity (Wildman–Crippen MR) is 64.9 cm³/mol. The van der Waals surface area contributed by atoms with Crippen molar-refractivity contribution in [2.45, 2.75) is 10.2 Å². The first-order valence-electron chi connectivity index (χ1n) is 4.70. The maximum Gasteiger partial charge on any atom is 0.315 e. The normalized spacial score (nSPS) is 23.8. The van der Waals surface area contributed by atoms with E-state index in [0.29, 0.717) is 12.3 Å². The number of rotatable bonds is 2. The summed E-state index contributed by atoms with van der Waals surface area (Å²) in [5.41, 5.74) is 5.13. The van der Waals surface area contributed by atoms with E-state index in [-0.39, 0.29) is 16.0 Å². The summed E-state index contributed by atoms with van der Waals surface area (Å²) in [6, 6.07) is 5.47. The molecule has 1 saturated heterocycles. The lowest BCUT2D eigenvalue weighted by Crippen LogP contribution is -2.62. The smallest absolute Gasteiger partial charge is 0.315 e. The van der Waals surface area contributed by atoms with Crippen molar-refractivity contribution in [3.63, 3.8) is 0 Å². The second-order valence-corrected chi connectivity index (χ2v) is 4.75. The van der Waals surface area contributed by atoms with Crippen molar-refractivity contribution in [1.82, 2.24) is 4.90 Å². The quantitative estimate of drug-likeness (QED) is 0.508. The van der Waals surface area contributed by atoms with E-state index in [1.54, 1.807) is 12.1 Å². The Morgan fingerprint density at radius 1 is 1.62 bits per heavy atom. The largest absolute Gasteiger partial charge is 0.485 e. The lowest BCUT2D eigenvalue weighted by molar-refractivity contribution is 0.0374. The van der Waals surface area contributed by atoms with Gasteiger partial charge in [0.05, 0.1) is 6.54 Å². The van der Waals surface area contributed by atoms with E-state index >= 15 is 0 Å². The topological polar surface area (TPSA) is 55.6 Å². The second-order valence-electron chi connectivity index (χ2n) is 3.48. The first-order chi connectivity index (χ1) is 7.58. The summed E-state index contributed by atoms with van der Waals surface area (Å²) in [5, 5.41) is 0. The number of nitrogens with zero attached hydrogens (tertiary/aromatic N) is 1. The molecule has 0 aliphatic carbocycles. The Kier molecular flexibility index (Phi) is 3.17. The molecule has 2 atom stereocenters. The van der Waals surface area contributed by atoms with Crippen LogP contribution in [0.5, 0.6) is 5.75 Å². The van der Waals surface area contributed by atoms with Crippen molar-refractivity contribution >= 4 is 28.6 Å². The number of primary amides is 1. The number of halogens is 2. The Labute approximate surface area is 106 Å². The minimum atomic E-state index is -0.460. The van der Waals surface area contributed by atoms with Gasteiger partial charge in [0.2, 0.25) is 0 Å². The van der Waals surface area contributed by atoms with Gasteiger partial charge in [0.25, 0.3) is 0 Å². The van der Waals surface area contributed by atoms with Crippen LogP contribution in [0.4, 0.5) is 9.18 Å². The molecule has 1 aromatic rings. The molecule has 1 heterocycles. The monoisotopic (exact) mass is 336 g/mol. The van der Waals surface area contributed by atoms with Gasteiger partial charge >= 0.3 is 6.03 Å². The summed E-state index contributed by atoms with van der Waals surface area (Å²) in [6.07, 6.45) is -0.130. The van der Waals surface area contributed by atoms with Crippen molar-refractivity contribution in [1.29, 1.82) is 0 Å². The number of urea groups is 1. The molecule has 4 nitrogen and oxygen atoms in total. The number of likely N-dealkylation sites (tertiary alicyclic amines) is 1. The molecule has 0 radical (unpaired) electrons. The lowest BCUT2D eigenvalue weighted by atomic mass is 10.2. The number of hydrogen-bond donors (Lipinski definition) is 1. The van der Waals surface area contributed by atoms with Crippen molar-refractivity contribution in [2.75, 3.05) is 6.54 Å². The highest BCUT2D eigenvalue weighted by atomic mass is 127. The van der Waals surface area contributed by atoms with Gasteiger partial charge < -0.3 is 15.4 Å². The molecule has 1 aliphatic rings. The molecule has 2 N–H and O–H groups in total. The summed E-state index contributed by atoms with van der Waals surface area (Å²) >= 11 is 2.07. The SMILES string of the molecule is NC(=O)N1CC(Oc2cccc(F)c2)C1I. The van der Waals surface area contributed by atoms with Gasteiger partial charge in [-0.15, -0.1) is 0 Å². The molecule has 2 unspecified atom stereocenters. The minimum absolute atomic E-state index is 0.0987. The van der Waals surface area contributed by atoms with E-state index in [1.807, 2.05) is 0 Å². The van der Waals surface area contributed by atoms with Crippen LogP contribution in [-0.4, -0.2) is 27.6 Å². The van der Waals surface area contributed by atoms with Crippen LogP contribution in [0.15, 0.2) is 24.3 Å². The van der Waals surface area contributed by atoms with E-state index in [2.05, 4.69) is 22.6 Å². The first kappa shape index (κ1) is 11.4. The van der Waals surface area contributed by atoms with E-state index in [1.165, 1.54) is 17.0 Å². The van der Waals surface area contributed by atoms with Crippen LogP contribution in [0, 0.1) is 5.82 Å². The van der Waals surface area contributed by atoms with Gasteiger partial charge in [0, 0.05) is 6.07 Å². The standard InChI is InChI=1S/C10H10FIN2O2/c11-6-2-1-3-7(4-6)16-8-5-14(9(8)12)10(13)15/h1-4,8-9H,5H2,(H2,13,15). The van der Waals surface area contributed by atoms with Gasteiger partial charge in [0.1, 0.15) is 21.7 Å². The number of carbonyl (C=O) groups is 1. The van der Waals surface area contributed by atoms with Gasteiger partial charge in [0.15, 0.2) is 0 Å². The fourth-order valence-electron chi connectivity index (χ4n) is 1.46. The Morgan fingerprint density at radius 2 is 2.38 bits per heavy atom. The highest BCUT2D eigenvalue weighted by Crippen LogP contribution is 2.28. The van der Waals surface area contributed by atoms with Crippen molar-refractivity contribution in [3.05, 3.63) is 30.1 Å². The fourth-order valence-corrected chi connectivity index (χ4v) is 2.34. The average Bonchev–Trinajstić information content (AvgIpc) is 2.22. The number of hydrogen-bond acceptors (Lipinski definition) is 2. The van der Waals surface area contributed by atoms with Crippen LogP contribution < -0.4 is 10.5 Å². The summed E-state index contributed by atoms with van der Waals surface area (Å²) in [5.74, 6) is 0.129. The van der Waals surface area contributed by atoms with Crippen molar-refractivity contribution in [2.24, 2.45) is 5.73 Å². The molecule has 1 aliphatic heterocycles. The van der Waals surface area contributed by atoms with Crippen LogP contribution >= 0.6 is 22.6 Å². The van der Waals surface area contributed by atoms with E-state index in [4.69, 9.17) is 10.5 Å².